The number of carbonyl (C=O) groups is 1. The van der Waals surface area contributed by atoms with Crippen molar-refractivity contribution in [1.29, 1.82) is 0 Å². The molecular formula is C14H14O3. The monoisotopic (exact) mass is 230 g/mol. The summed E-state index contributed by atoms with van der Waals surface area (Å²) in [5.41, 5.74) is 3.44. The number of allylic oxidation sites excluding steroid dienone is 1. The summed E-state index contributed by atoms with van der Waals surface area (Å²) in [6.45, 7) is 0. The van der Waals surface area contributed by atoms with Crippen molar-refractivity contribution in [2.75, 3.05) is 0 Å². The summed E-state index contributed by atoms with van der Waals surface area (Å²) in [5, 5.41) is 9.46. The van der Waals surface area contributed by atoms with Crippen molar-refractivity contribution in [2.45, 2.75) is 32.1 Å². The molecule has 0 saturated carbocycles. The van der Waals surface area contributed by atoms with Crippen molar-refractivity contribution >= 4 is 11.5 Å². The van der Waals surface area contributed by atoms with Crippen LogP contribution in [-0.4, -0.2) is 11.1 Å². The molecule has 3 heteroatoms. The first-order valence-corrected chi connectivity index (χ1v) is 5.99. The zero-order chi connectivity index (χ0) is 11.8. The van der Waals surface area contributed by atoms with Gasteiger partial charge in [0.1, 0.15) is 11.5 Å². The Balaban J connectivity index is 2.17. The van der Waals surface area contributed by atoms with Gasteiger partial charge in [0.05, 0.1) is 6.42 Å². The van der Waals surface area contributed by atoms with Crippen molar-refractivity contribution < 1.29 is 14.6 Å². The lowest BCUT2D eigenvalue weighted by atomic mass is 9.86. The van der Waals surface area contributed by atoms with E-state index in [-0.39, 0.29) is 11.7 Å². The number of benzene rings is 1. The molecule has 17 heavy (non-hydrogen) atoms. The summed E-state index contributed by atoms with van der Waals surface area (Å²) in [5.74, 6) is 0.419. The van der Waals surface area contributed by atoms with Crippen LogP contribution in [0.2, 0.25) is 0 Å². The fourth-order valence-electron chi connectivity index (χ4n) is 2.67. The van der Waals surface area contributed by atoms with Gasteiger partial charge in [0.25, 0.3) is 0 Å². The van der Waals surface area contributed by atoms with Crippen LogP contribution in [0.3, 0.4) is 0 Å². The molecule has 3 rings (SSSR count). The SMILES string of the molecule is O=C1CC2=C(CCCC2)c2ccc(O)cc2O1. The molecule has 0 amide bonds. The average molecular weight is 230 g/mol. The van der Waals surface area contributed by atoms with Gasteiger partial charge in [-0.1, -0.05) is 5.57 Å². The zero-order valence-corrected chi connectivity index (χ0v) is 9.53. The Morgan fingerprint density at radius 1 is 1.18 bits per heavy atom. The van der Waals surface area contributed by atoms with E-state index in [1.165, 1.54) is 17.2 Å². The minimum Gasteiger partial charge on any atom is -0.508 e. The minimum absolute atomic E-state index is 0.136. The summed E-state index contributed by atoms with van der Waals surface area (Å²) in [6, 6.07) is 5.03. The van der Waals surface area contributed by atoms with Crippen LogP contribution in [0, 0.1) is 0 Å². The van der Waals surface area contributed by atoms with E-state index in [4.69, 9.17) is 4.74 Å². The molecule has 0 aromatic heterocycles. The van der Waals surface area contributed by atoms with Crippen molar-refractivity contribution in [3.8, 4) is 11.5 Å². The van der Waals surface area contributed by atoms with Gasteiger partial charge >= 0.3 is 5.97 Å². The first-order valence-electron chi connectivity index (χ1n) is 5.99. The average Bonchev–Trinajstić information content (AvgIpc) is 2.43. The number of fused-ring (bicyclic) bond motifs is 2. The summed E-state index contributed by atoms with van der Waals surface area (Å²) in [4.78, 5) is 11.7. The van der Waals surface area contributed by atoms with Gasteiger partial charge < -0.3 is 9.84 Å². The van der Waals surface area contributed by atoms with Crippen molar-refractivity contribution in [3.05, 3.63) is 29.3 Å². The van der Waals surface area contributed by atoms with Gasteiger partial charge in [-0.25, -0.2) is 0 Å². The van der Waals surface area contributed by atoms with Crippen LogP contribution in [-0.2, 0) is 4.79 Å². The van der Waals surface area contributed by atoms with E-state index in [2.05, 4.69) is 0 Å². The number of hydrogen-bond acceptors (Lipinski definition) is 3. The molecule has 0 atom stereocenters. The number of esters is 1. The molecule has 1 aliphatic carbocycles. The third-order valence-electron chi connectivity index (χ3n) is 3.45. The van der Waals surface area contributed by atoms with Crippen LogP contribution < -0.4 is 4.74 Å². The van der Waals surface area contributed by atoms with E-state index in [1.54, 1.807) is 6.07 Å². The van der Waals surface area contributed by atoms with Crippen LogP contribution in [0.1, 0.15) is 37.7 Å². The Bertz CT molecular complexity index is 514. The molecule has 1 N–H and O–H groups in total. The summed E-state index contributed by atoms with van der Waals surface area (Å²) >= 11 is 0. The highest BCUT2D eigenvalue weighted by Crippen LogP contribution is 2.41. The Labute approximate surface area is 99.7 Å². The molecule has 3 nitrogen and oxygen atoms in total. The molecule has 0 spiro atoms. The lowest BCUT2D eigenvalue weighted by Gasteiger charge is -2.18. The summed E-state index contributed by atoms with van der Waals surface area (Å²) in [6.07, 6.45) is 4.70. The molecule has 0 unspecified atom stereocenters. The van der Waals surface area contributed by atoms with Crippen LogP contribution in [0.5, 0.6) is 11.5 Å². The van der Waals surface area contributed by atoms with E-state index in [0.717, 1.165) is 31.2 Å². The lowest BCUT2D eigenvalue weighted by Crippen LogP contribution is -2.07. The van der Waals surface area contributed by atoms with Crippen LogP contribution in [0.15, 0.2) is 23.8 Å². The number of ether oxygens (including phenoxy) is 1. The van der Waals surface area contributed by atoms with Gasteiger partial charge in [-0.2, -0.15) is 0 Å². The molecule has 1 heterocycles. The highest BCUT2D eigenvalue weighted by atomic mass is 16.5. The first kappa shape index (κ1) is 10.4. The fourth-order valence-corrected chi connectivity index (χ4v) is 2.67. The third-order valence-corrected chi connectivity index (χ3v) is 3.45. The van der Waals surface area contributed by atoms with E-state index in [9.17, 15) is 9.90 Å². The van der Waals surface area contributed by atoms with E-state index < -0.39 is 0 Å². The van der Waals surface area contributed by atoms with E-state index in [1.807, 2.05) is 6.07 Å². The molecule has 2 aliphatic rings. The van der Waals surface area contributed by atoms with E-state index in [0.29, 0.717) is 12.2 Å². The minimum atomic E-state index is -0.219. The smallest absolute Gasteiger partial charge is 0.315 e. The second kappa shape index (κ2) is 3.91. The van der Waals surface area contributed by atoms with Gasteiger partial charge in [-0.05, 0) is 43.4 Å². The number of rotatable bonds is 0. The number of aromatic hydroxyl groups is 1. The fraction of sp³-hybridized carbons (Fsp3) is 0.357. The van der Waals surface area contributed by atoms with Crippen LogP contribution >= 0.6 is 0 Å². The molecule has 0 bridgehead atoms. The third kappa shape index (κ3) is 1.82. The molecule has 0 radical (unpaired) electrons. The predicted octanol–water partition coefficient (Wildman–Crippen LogP) is 3.03. The maximum atomic E-state index is 11.7. The highest BCUT2D eigenvalue weighted by molar-refractivity contribution is 5.86. The van der Waals surface area contributed by atoms with Crippen molar-refractivity contribution in [2.24, 2.45) is 0 Å². The molecule has 1 aromatic rings. The second-order valence-corrected chi connectivity index (χ2v) is 4.62. The van der Waals surface area contributed by atoms with Gasteiger partial charge in [0, 0.05) is 11.6 Å². The highest BCUT2D eigenvalue weighted by Gasteiger charge is 2.24. The predicted molar refractivity (Wildman–Crippen MR) is 63.7 cm³/mol. The standard InChI is InChI=1S/C14H14O3/c15-10-5-6-12-11-4-2-1-3-9(11)7-14(16)17-13(12)8-10/h5-6,8,15H,1-4,7H2. The maximum Gasteiger partial charge on any atom is 0.315 e. The van der Waals surface area contributed by atoms with Gasteiger partial charge in [0.15, 0.2) is 0 Å². The quantitative estimate of drug-likeness (QED) is 0.550. The van der Waals surface area contributed by atoms with Crippen molar-refractivity contribution in [3.63, 3.8) is 0 Å². The maximum absolute atomic E-state index is 11.7. The Morgan fingerprint density at radius 3 is 2.88 bits per heavy atom. The van der Waals surface area contributed by atoms with Crippen molar-refractivity contribution in [1.82, 2.24) is 0 Å². The normalized spacial score (nSPS) is 19.2. The summed E-state index contributed by atoms with van der Waals surface area (Å²) < 4.78 is 5.29. The Kier molecular flexibility index (Phi) is 2.39. The molecule has 88 valence electrons. The number of hydrogen-bond donors (Lipinski definition) is 1. The van der Waals surface area contributed by atoms with Crippen LogP contribution in [0.4, 0.5) is 0 Å². The first-order chi connectivity index (χ1) is 8.24. The number of phenolic OH excluding ortho intramolecular Hbond substituents is 1. The number of carbonyl (C=O) groups excluding carboxylic acids is 1. The lowest BCUT2D eigenvalue weighted by molar-refractivity contribution is -0.133. The molecular weight excluding hydrogens is 216 g/mol. The molecule has 1 aromatic carbocycles. The molecule has 0 fully saturated rings. The molecule has 1 aliphatic heterocycles. The van der Waals surface area contributed by atoms with Crippen LogP contribution in [0.25, 0.3) is 5.57 Å². The van der Waals surface area contributed by atoms with Gasteiger partial charge in [0.2, 0.25) is 0 Å². The van der Waals surface area contributed by atoms with Gasteiger partial charge in [-0.3, -0.25) is 4.79 Å². The zero-order valence-electron chi connectivity index (χ0n) is 9.53. The van der Waals surface area contributed by atoms with E-state index >= 15 is 0 Å². The Morgan fingerprint density at radius 2 is 2.00 bits per heavy atom. The summed E-state index contributed by atoms with van der Waals surface area (Å²) in [7, 11) is 0. The Hall–Kier alpha value is -1.77. The largest absolute Gasteiger partial charge is 0.508 e. The van der Waals surface area contributed by atoms with Gasteiger partial charge in [-0.15, -0.1) is 0 Å². The number of phenols is 1. The molecule has 0 saturated heterocycles. The second-order valence-electron chi connectivity index (χ2n) is 4.62. The topological polar surface area (TPSA) is 46.5 Å².